The monoisotopic (exact) mass is 228 g/mol. The van der Waals surface area contributed by atoms with E-state index in [-0.39, 0.29) is 11.1 Å². The van der Waals surface area contributed by atoms with Crippen LogP contribution < -0.4 is 5.43 Å². The van der Waals surface area contributed by atoms with Crippen LogP contribution in [0.2, 0.25) is 0 Å². The number of carbonyl (C=O) groups excluding carboxylic acids is 1. The number of esters is 1. The lowest BCUT2D eigenvalue weighted by molar-refractivity contribution is 0.0601. The molecule has 0 atom stereocenters. The average Bonchev–Trinajstić information content (AvgIpc) is 2.38. The lowest BCUT2D eigenvalue weighted by Gasteiger charge is -2.01. The van der Waals surface area contributed by atoms with Crippen LogP contribution in [0.15, 0.2) is 29.2 Å². The number of pyridine rings is 1. The second-order valence-electron chi connectivity index (χ2n) is 3.40. The number of aromatic amines is 1. The van der Waals surface area contributed by atoms with Gasteiger partial charge in [0.25, 0.3) is 0 Å². The van der Waals surface area contributed by atoms with E-state index in [2.05, 4.69) is 9.72 Å². The topological polar surface area (TPSA) is 82.9 Å². The molecule has 5 heteroatoms. The van der Waals surface area contributed by atoms with Crippen molar-refractivity contribution in [3.05, 3.63) is 45.7 Å². The number of methoxy groups -OCH3 is 1. The summed E-state index contributed by atoms with van der Waals surface area (Å²) in [4.78, 5) is 26.0. The van der Waals surface area contributed by atoms with Crippen LogP contribution >= 0.6 is 0 Å². The highest BCUT2D eigenvalue weighted by Crippen LogP contribution is 2.11. The highest BCUT2D eigenvalue weighted by molar-refractivity contribution is 5.94. The first-order chi connectivity index (χ1) is 8.17. The van der Waals surface area contributed by atoms with Gasteiger partial charge in [0, 0.05) is 17.1 Å². The Kier molecular flexibility index (Phi) is 2.63. The maximum absolute atomic E-state index is 11.8. The standard InChI is InChI=1S/C12H8N2O3/c1-17-12(16)7-2-3-10-9(4-7)11(15)8(5-13)6-14-10/h2-4,6H,1H3,(H,14,15). The summed E-state index contributed by atoms with van der Waals surface area (Å²) in [6.07, 6.45) is 1.35. The van der Waals surface area contributed by atoms with Gasteiger partial charge in [-0.2, -0.15) is 5.26 Å². The Labute approximate surface area is 96.3 Å². The summed E-state index contributed by atoms with van der Waals surface area (Å²) in [7, 11) is 1.27. The zero-order valence-corrected chi connectivity index (χ0v) is 8.98. The van der Waals surface area contributed by atoms with Crippen LogP contribution in [-0.2, 0) is 4.74 Å². The quantitative estimate of drug-likeness (QED) is 0.743. The first-order valence-corrected chi connectivity index (χ1v) is 4.81. The molecule has 1 aromatic carbocycles. The molecule has 0 spiro atoms. The van der Waals surface area contributed by atoms with Crippen molar-refractivity contribution < 1.29 is 9.53 Å². The number of carbonyl (C=O) groups is 1. The van der Waals surface area contributed by atoms with Gasteiger partial charge in [0.2, 0.25) is 5.43 Å². The summed E-state index contributed by atoms with van der Waals surface area (Å²) in [6, 6.07) is 6.36. The van der Waals surface area contributed by atoms with Crippen LogP contribution in [0.3, 0.4) is 0 Å². The van der Waals surface area contributed by atoms with Crippen LogP contribution in [-0.4, -0.2) is 18.1 Å². The Balaban J connectivity index is 2.76. The van der Waals surface area contributed by atoms with Gasteiger partial charge in [0.15, 0.2) is 0 Å². The number of aromatic nitrogens is 1. The van der Waals surface area contributed by atoms with E-state index in [1.165, 1.54) is 19.4 Å². The second-order valence-corrected chi connectivity index (χ2v) is 3.40. The van der Waals surface area contributed by atoms with Gasteiger partial charge >= 0.3 is 5.97 Å². The smallest absolute Gasteiger partial charge is 0.337 e. The first-order valence-electron chi connectivity index (χ1n) is 4.81. The molecule has 0 bridgehead atoms. The minimum Gasteiger partial charge on any atom is -0.465 e. The molecule has 84 valence electrons. The van der Waals surface area contributed by atoms with Crippen molar-refractivity contribution in [2.24, 2.45) is 0 Å². The predicted molar refractivity (Wildman–Crippen MR) is 60.6 cm³/mol. The second kappa shape index (κ2) is 4.10. The van der Waals surface area contributed by atoms with Gasteiger partial charge < -0.3 is 9.72 Å². The molecule has 0 radical (unpaired) electrons. The van der Waals surface area contributed by atoms with E-state index in [1.54, 1.807) is 18.2 Å². The summed E-state index contributed by atoms with van der Waals surface area (Å²) < 4.78 is 4.57. The number of H-pyrrole nitrogens is 1. The van der Waals surface area contributed by atoms with Gasteiger partial charge in [-0.25, -0.2) is 4.79 Å². The zero-order valence-electron chi connectivity index (χ0n) is 8.98. The lowest BCUT2D eigenvalue weighted by atomic mass is 10.1. The molecule has 1 aromatic heterocycles. The van der Waals surface area contributed by atoms with Gasteiger partial charge in [-0.3, -0.25) is 4.79 Å². The molecule has 17 heavy (non-hydrogen) atoms. The van der Waals surface area contributed by atoms with Gasteiger partial charge in [0.05, 0.1) is 12.7 Å². The molecular weight excluding hydrogens is 220 g/mol. The minimum atomic E-state index is -0.520. The van der Waals surface area contributed by atoms with Crippen LogP contribution in [0.25, 0.3) is 10.9 Å². The van der Waals surface area contributed by atoms with E-state index < -0.39 is 11.4 Å². The Morgan fingerprint density at radius 3 is 2.88 bits per heavy atom. The van der Waals surface area contributed by atoms with Crippen molar-refractivity contribution in [1.29, 1.82) is 5.26 Å². The summed E-state index contributed by atoms with van der Waals surface area (Å²) >= 11 is 0. The maximum atomic E-state index is 11.8. The minimum absolute atomic E-state index is 0.0134. The van der Waals surface area contributed by atoms with E-state index in [1.807, 2.05) is 0 Å². The normalized spacial score (nSPS) is 9.88. The summed E-state index contributed by atoms with van der Waals surface area (Å²) in [5, 5.41) is 9.04. The molecule has 1 N–H and O–H groups in total. The maximum Gasteiger partial charge on any atom is 0.337 e. The van der Waals surface area contributed by atoms with Crippen LogP contribution in [0.4, 0.5) is 0 Å². The van der Waals surface area contributed by atoms with E-state index in [4.69, 9.17) is 5.26 Å². The molecule has 0 aliphatic rings. The number of fused-ring (bicyclic) bond motifs is 1. The molecule has 0 saturated heterocycles. The van der Waals surface area contributed by atoms with Gasteiger partial charge in [-0.15, -0.1) is 0 Å². The third-order valence-corrected chi connectivity index (χ3v) is 2.42. The highest BCUT2D eigenvalue weighted by Gasteiger charge is 2.09. The zero-order chi connectivity index (χ0) is 12.4. The molecule has 1 heterocycles. The number of nitrogens with zero attached hydrogens (tertiary/aromatic N) is 1. The number of ether oxygens (including phenoxy) is 1. The number of rotatable bonds is 1. The predicted octanol–water partition coefficient (Wildman–Crippen LogP) is 1.19. The fraction of sp³-hybridized carbons (Fsp3) is 0.0833. The third kappa shape index (κ3) is 1.76. The molecule has 2 aromatic rings. The fourth-order valence-electron chi connectivity index (χ4n) is 1.55. The largest absolute Gasteiger partial charge is 0.465 e. The van der Waals surface area contributed by atoms with Crippen molar-refractivity contribution in [1.82, 2.24) is 4.98 Å². The molecule has 5 nitrogen and oxygen atoms in total. The van der Waals surface area contributed by atoms with Crippen molar-refractivity contribution in [3.63, 3.8) is 0 Å². The molecular formula is C12H8N2O3. The summed E-state index contributed by atoms with van der Waals surface area (Å²) in [6.45, 7) is 0. The molecule has 0 aliphatic heterocycles. The highest BCUT2D eigenvalue weighted by atomic mass is 16.5. The average molecular weight is 228 g/mol. The van der Waals surface area contributed by atoms with Crippen LogP contribution in [0.1, 0.15) is 15.9 Å². The van der Waals surface area contributed by atoms with Crippen LogP contribution in [0, 0.1) is 11.3 Å². The van der Waals surface area contributed by atoms with E-state index in [0.29, 0.717) is 10.9 Å². The molecule has 0 saturated carbocycles. The molecule has 0 fully saturated rings. The Morgan fingerprint density at radius 2 is 2.24 bits per heavy atom. The molecule has 0 aliphatic carbocycles. The summed E-state index contributed by atoms with van der Waals surface area (Å²) in [5.74, 6) is -0.520. The first kappa shape index (κ1) is 10.9. The Bertz CT molecular complexity index is 695. The van der Waals surface area contributed by atoms with Gasteiger partial charge in [-0.05, 0) is 18.2 Å². The SMILES string of the molecule is COC(=O)c1ccc2[nH]cc(C#N)c(=O)c2c1. The van der Waals surface area contributed by atoms with Crippen molar-refractivity contribution in [2.45, 2.75) is 0 Å². The fourth-order valence-corrected chi connectivity index (χ4v) is 1.55. The Hall–Kier alpha value is -2.61. The lowest BCUT2D eigenvalue weighted by Crippen LogP contribution is -2.09. The van der Waals surface area contributed by atoms with E-state index in [0.717, 1.165) is 0 Å². The van der Waals surface area contributed by atoms with Crippen molar-refractivity contribution in [3.8, 4) is 6.07 Å². The van der Waals surface area contributed by atoms with Crippen molar-refractivity contribution >= 4 is 16.9 Å². The molecule has 0 amide bonds. The van der Waals surface area contributed by atoms with Gasteiger partial charge in [0.1, 0.15) is 11.6 Å². The number of hydrogen-bond acceptors (Lipinski definition) is 4. The third-order valence-electron chi connectivity index (χ3n) is 2.42. The molecule has 2 rings (SSSR count). The van der Waals surface area contributed by atoms with E-state index >= 15 is 0 Å². The Morgan fingerprint density at radius 1 is 1.47 bits per heavy atom. The van der Waals surface area contributed by atoms with Crippen molar-refractivity contribution in [2.75, 3.05) is 7.11 Å². The number of hydrogen-bond donors (Lipinski definition) is 1. The molecule has 0 unspecified atom stereocenters. The van der Waals surface area contributed by atoms with E-state index in [9.17, 15) is 9.59 Å². The number of benzene rings is 1. The van der Waals surface area contributed by atoms with Gasteiger partial charge in [-0.1, -0.05) is 0 Å². The summed E-state index contributed by atoms with van der Waals surface area (Å²) in [5.41, 5.74) is 0.466. The van der Waals surface area contributed by atoms with Crippen LogP contribution in [0.5, 0.6) is 0 Å². The number of nitrogens with one attached hydrogen (secondary N) is 1. The number of nitriles is 1.